The maximum Gasteiger partial charge on any atom is 0.219 e. The van der Waals surface area contributed by atoms with E-state index in [-0.39, 0.29) is 18.5 Å². The summed E-state index contributed by atoms with van der Waals surface area (Å²) in [5.74, 6) is -0.353. The third-order valence-electron chi connectivity index (χ3n) is 3.65. The Bertz CT molecular complexity index is 561. The average Bonchev–Trinajstić information content (AvgIpc) is 2.83. The molecule has 0 N–H and O–H groups in total. The first-order valence-electron chi connectivity index (χ1n) is 6.80. The van der Waals surface area contributed by atoms with Gasteiger partial charge in [0.15, 0.2) is 0 Å². The van der Waals surface area contributed by atoms with Crippen LogP contribution in [-0.2, 0) is 21.3 Å². The highest BCUT2D eigenvalue weighted by atomic mass is 32.2. The van der Waals surface area contributed by atoms with Crippen LogP contribution in [0.5, 0.6) is 0 Å². The lowest BCUT2D eigenvalue weighted by molar-refractivity contribution is 0.125. The Morgan fingerprint density at radius 3 is 2.75 bits per heavy atom. The number of sulfonamides is 1. The van der Waals surface area contributed by atoms with Crippen molar-refractivity contribution in [2.45, 2.75) is 38.2 Å². The lowest BCUT2D eigenvalue weighted by Gasteiger charge is -2.25. The van der Waals surface area contributed by atoms with Crippen molar-refractivity contribution in [3.8, 4) is 0 Å². The minimum absolute atomic E-state index is 0.194. The smallest absolute Gasteiger partial charge is 0.219 e. The van der Waals surface area contributed by atoms with Gasteiger partial charge in [-0.25, -0.2) is 12.8 Å². The van der Waals surface area contributed by atoms with E-state index in [0.29, 0.717) is 25.1 Å². The molecule has 112 valence electrons. The summed E-state index contributed by atoms with van der Waals surface area (Å²) in [5.41, 5.74) is 0.655. The zero-order chi connectivity index (χ0) is 14.8. The largest absolute Gasteiger partial charge is 0.377 e. The lowest BCUT2D eigenvalue weighted by Crippen LogP contribution is -2.41. The van der Waals surface area contributed by atoms with Crippen LogP contribution in [0.2, 0.25) is 0 Å². The molecule has 20 heavy (non-hydrogen) atoms. The summed E-state index contributed by atoms with van der Waals surface area (Å²) in [5, 5.41) is -0.504. The maximum atomic E-state index is 13.2. The van der Waals surface area contributed by atoms with Gasteiger partial charge < -0.3 is 4.74 Å². The predicted molar refractivity (Wildman–Crippen MR) is 75.2 cm³/mol. The monoisotopic (exact) mass is 301 g/mol. The molecule has 0 aliphatic carbocycles. The molecule has 0 unspecified atom stereocenters. The fraction of sp³-hybridized carbons (Fsp3) is 0.571. The second-order valence-electron chi connectivity index (χ2n) is 5.00. The number of halogens is 1. The Morgan fingerprint density at radius 1 is 1.45 bits per heavy atom. The Balaban J connectivity index is 2.19. The van der Waals surface area contributed by atoms with Gasteiger partial charge in [-0.15, -0.1) is 0 Å². The summed E-state index contributed by atoms with van der Waals surface area (Å²) in [6.07, 6.45) is 0.227. The van der Waals surface area contributed by atoms with E-state index in [2.05, 4.69) is 0 Å². The number of benzene rings is 1. The van der Waals surface area contributed by atoms with Gasteiger partial charge in [-0.05, 0) is 31.0 Å². The SMILES string of the molecule is CCN(Cc1cccc(F)c1)S(=O)(=O)[C@H]1CCO[C@@H]1C. The summed E-state index contributed by atoms with van der Waals surface area (Å²) in [4.78, 5) is 0. The highest BCUT2D eigenvalue weighted by molar-refractivity contribution is 7.89. The van der Waals surface area contributed by atoms with Crippen LogP contribution >= 0.6 is 0 Å². The van der Waals surface area contributed by atoms with E-state index in [1.54, 1.807) is 26.0 Å². The quantitative estimate of drug-likeness (QED) is 0.837. The van der Waals surface area contributed by atoms with Crippen LogP contribution < -0.4 is 0 Å². The molecule has 1 fully saturated rings. The van der Waals surface area contributed by atoms with Gasteiger partial charge >= 0.3 is 0 Å². The molecule has 6 heteroatoms. The molecule has 1 aromatic rings. The summed E-state index contributed by atoms with van der Waals surface area (Å²) in [6, 6.07) is 6.04. The van der Waals surface area contributed by atoms with E-state index < -0.39 is 15.3 Å². The molecule has 1 aromatic carbocycles. The van der Waals surface area contributed by atoms with Crippen LogP contribution in [0.4, 0.5) is 4.39 Å². The van der Waals surface area contributed by atoms with Gasteiger partial charge in [0.25, 0.3) is 0 Å². The highest BCUT2D eigenvalue weighted by Gasteiger charge is 2.39. The van der Waals surface area contributed by atoms with Gasteiger partial charge in [0.2, 0.25) is 10.0 Å². The van der Waals surface area contributed by atoms with Crippen molar-refractivity contribution >= 4 is 10.0 Å². The molecular formula is C14H20FNO3S. The molecule has 0 saturated carbocycles. The van der Waals surface area contributed by atoms with E-state index in [4.69, 9.17) is 4.74 Å². The number of hydrogen-bond acceptors (Lipinski definition) is 3. The van der Waals surface area contributed by atoms with Crippen LogP contribution in [0.3, 0.4) is 0 Å². The third-order valence-corrected chi connectivity index (χ3v) is 6.14. The van der Waals surface area contributed by atoms with Crippen molar-refractivity contribution in [3.63, 3.8) is 0 Å². The Morgan fingerprint density at radius 2 is 2.20 bits per heavy atom. The fourth-order valence-electron chi connectivity index (χ4n) is 2.52. The number of rotatable bonds is 5. The van der Waals surface area contributed by atoms with Crippen molar-refractivity contribution in [1.29, 1.82) is 0 Å². The second kappa shape index (κ2) is 6.20. The molecule has 1 aliphatic heterocycles. The Kier molecular flexibility index (Phi) is 4.78. The number of hydrogen-bond donors (Lipinski definition) is 0. The van der Waals surface area contributed by atoms with Crippen LogP contribution in [-0.4, -0.2) is 37.2 Å². The van der Waals surface area contributed by atoms with E-state index in [9.17, 15) is 12.8 Å². The lowest BCUT2D eigenvalue weighted by atomic mass is 10.2. The standard InChI is InChI=1S/C14H20FNO3S/c1-3-16(10-12-5-4-6-13(15)9-12)20(17,18)14-7-8-19-11(14)2/h4-6,9,11,14H,3,7-8,10H2,1-2H3/t11-,14+/m1/s1. The van der Waals surface area contributed by atoms with Gasteiger partial charge in [-0.2, -0.15) is 4.31 Å². The number of nitrogens with zero attached hydrogens (tertiary/aromatic N) is 1. The van der Waals surface area contributed by atoms with Gasteiger partial charge in [0.1, 0.15) is 11.1 Å². The molecule has 1 heterocycles. The Labute approximate surface area is 119 Å². The van der Waals surface area contributed by atoms with Crippen molar-refractivity contribution in [3.05, 3.63) is 35.6 Å². The summed E-state index contributed by atoms with van der Waals surface area (Å²) in [6.45, 7) is 4.60. The summed E-state index contributed by atoms with van der Waals surface area (Å²) in [7, 11) is -3.43. The van der Waals surface area contributed by atoms with Crippen LogP contribution in [0.1, 0.15) is 25.8 Å². The topological polar surface area (TPSA) is 46.6 Å². The maximum absolute atomic E-state index is 13.2. The molecule has 2 atom stereocenters. The van der Waals surface area contributed by atoms with E-state index in [1.165, 1.54) is 16.4 Å². The van der Waals surface area contributed by atoms with Crippen molar-refractivity contribution in [2.75, 3.05) is 13.2 Å². The highest BCUT2D eigenvalue weighted by Crippen LogP contribution is 2.25. The first kappa shape index (κ1) is 15.4. The minimum Gasteiger partial charge on any atom is -0.377 e. The summed E-state index contributed by atoms with van der Waals surface area (Å²) < 4.78 is 45.2. The van der Waals surface area contributed by atoms with Crippen molar-refractivity contribution in [1.82, 2.24) is 4.31 Å². The van der Waals surface area contributed by atoms with E-state index in [0.717, 1.165) is 0 Å². The van der Waals surface area contributed by atoms with Gasteiger partial charge in [0, 0.05) is 19.7 Å². The Hall–Kier alpha value is -0.980. The third kappa shape index (κ3) is 3.19. The molecule has 0 spiro atoms. The zero-order valence-electron chi connectivity index (χ0n) is 11.8. The van der Waals surface area contributed by atoms with E-state index >= 15 is 0 Å². The molecule has 2 rings (SSSR count). The molecule has 0 aromatic heterocycles. The predicted octanol–water partition coefficient (Wildman–Crippen LogP) is 2.15. The van der Waals surface area contributed by atoms with Crippen LogP contribution in [0, 0.1) is 5.82 Å². The molecule has 1 saturated heterocycles. The van der Waals surface area contributed by atoms with Gasteiger partial charge in [0.05, 0.1) is 6.10 Å². The summed E-state index contributed by atoms with van der Waals surface area (Å²) >= 11 is 0. The number of ether oxygens (including phenoxy) is 1. The molecule has 4 nitrogen and oxygen atoms in total. The second-order valence-corrected chi connectivity index (χ2v) is 7.16. The van der Waals surface area contributed by atoms with Gasteiger partial charge in [-0.1, -0.05) is 19.1 Å². The van der Waals surface area contributed by atoms with E-state index in [1.807, 2.05) is 0 Å². The average molecular weight is 301 g/mol. The van der Waals surface area contributed by atoms with Gasteiger partial charge in [-0.3, -0.25) is 0 Å². The van der Waals surface area contributed by atoms with Crippen molar-refractivity contribution < 1.29 is 17.5 Å². The molecule has 0 amide bonds. The molecule has 0 bridgehead atoms. The fourth-order valence-corrected chi connectivity index (χ4v) is 4.54. The minimum atomic E-state index is -3.43. The molecule has 1 aliphatic rings. The van der Waals surface area contributed by atoms with Crippen molar-refractivity contribution in [2.24, 2.45) is 0 Å². The normalized spacial score (nSPS) is 23.4. The van der Waals surface area contributed by atoms with Crippen LogP contribution in [0.15, 0.2) is 24.3 Å². The molecule has 0 radical (unpaired) electrons. The van der Waals surface area contributed by atoms with Crippen LogP contribution in [0.25, 0.3) is 0 Å². The first-order valence-corrected chi connectivity index (χ1v) is 8.30. The molecular weight excluding hydrogens is 281 g/mol. The first-order chi connectivity index (χ1) is 9.45. The zero-order valence-corrected chi connectivity index (χ0v) is 12.6.